The molecule has 7 nitrogen and oxygen atoms in total. The van der Waals surface area contributed by atoms with Gasteiger partial charge >= 0.3 is 0 Å². The van der Waals surface area contributed by atoms with Crippen LogP contribution in [0.15, 0.2) is 30.3 Å². The number of methoxy groups -OCH3 is 4. The highest BCUT2D eigenvalue weighted by Crippen LogP contribution is 2.46. The van der Waals surface area contributed by atoms with Crippen molar-refractivity contribution in [1.29, 1.82) is 0 Å². The normalized spacial score (nSPS) is 18.7. The van der Waals surface area contributed by atoms with Crippen molar-refractivity contribution >= 4 is 11.6 Å². The summed E-state index contributed by atoms with van der Waals surface area (Å²) in [4.78, 5) is 14.0. The van der Waals surface area contributed by atoms with Gasteiger partial charge in [-0.3, -0.25) is 9.69 Å². The van der Waals surface area contributed by atoms with Crippen LogP contribution < -0.4 is 23.8 Å². The number of hydrogen-bond donors (Lipinski definition) is 1. The summed E-state index contributed by atoms with van der Waals surface area (Å²) in [6, 6.07) is 8.37. The van der Waals surface area contributed by atoms with E-state index in [9.17, 15) is 9.90 Å². The van der Waals surface area contributed by atoms with Crippen LogP contribution in [0.1, 0.15) is 17.2 Å². The van der Waals surface area contributed by atoms with Crippen molar-refractivity contribution in [3.8, 4) is 23.0 Å². The molecule has 27 heavy (non-hydrogen) atoms. The van der Waals surface area contributed by atoms with Crippen molar-refractivity contribution in [3.63, 3.8) is 0 Å². The SMILES string of the molecule is COc1ccc(N2C(=O)[C@@H](O)[C@H]2c2cc(OC)c(OC)c(OC)c2)cc1C. The summed E-state index contributed by atoms with van der Waals surface area (Å²) >= 11 is 0. The summed E-state index contributed by atoms with van der Waals surface area (Å²) in [7, 11) is 6.16. The molecule has 0 radical (unpaired) electrons. The van der Waals surface area contributed by atoms with Gasteiger partial charge in [-0.2, -0.15) is 0 Å². The van der Waals surface area contributed by atoms with Gasteiger partial charge < -0.3 is 24.1 Å². The van der Waals surface area contributed by atoms with E-state index >= 15 is 0 Å². The van der Waals surface area contributed by atoms with Crippen LogP contribution in [0, 0.1) is 6.92 Å². The average Bonchev–Trinajstić information content (AvgIpc) is 2.69. The molecule has 3 rings (SSSR count). The zero-order valence-corrected chi connectivity index (χ0v) is 16.0. The minimum absolute atomic E-state index is 0.363. The minimum atomic E-state index is -1.14. The van der Waals surface area contributed by atoms with E-state index in [2.05, 4.69) is 0 Å². The third-order valence-electron chi connectivity index (χ3n) is 4.75. The smallest absolute Gasteiger partial charge is 0.259 e. The number of benzene rings is 2. The van der Waals surface area contributed by atoms with Gasteiger partial charge in [-0.1, -0.05) is 0 Å². The molecular weight excluding hydrogens is 350 g/mol. The van der Waals surface area contributed by atoms with Crippen LogP contribution in [0.2, 0.25) is 0 Å². The summed E-state index contributed by atoms with van der Waals surface area (Å²) in [5.74, 6) is 1.75. The highest BCUT2D eigenvalue weighted by atomic mass is 16.5. The maximum atomic E-state index is 12.4. The fourth-order valence-corrected chi connectivity index (χ4v) is 3.38. The monoisotopic (exact) mass is 373 g/mol. The molecule has 144 valence electrons. The number of β-lactam (4-membered cyclic amide) rings is 1. The number of aryl methyl sites for hydroxylation is 1. The number of carbonyl (C=O) groups is 1. The van der Waals surface area contributed by atoms with Gasteiger partial charge in [0.25, 0.3) is 5.91 Å². The zero-order valence-electron chi connectivity index (χ0n) is 16.0. The maximum Gasteiger partial charge on any atom is 0.259 e. The predicted octanol–water partition coefficient (Wildman–Crippen LogP) is 2.48. The largest absolute Gasteiger partial charge is 0.496 e. The van der Waals surface area contributed by atoms with Crippen LogP contribution in [0.25, 0.3) is 0 Å². The second kappa shape index (κ2) is 7.36. The van der Waals surface area contributed by atoms with Crippen LogP contribution in [-0.4, -0.2) is 45.6 Å². The third kappa shape index (κ3) is 3.04. The van der Waals surface area contributed by atoms with E-state index in [0.29, 0.717) is 28.5 Å². The van der Waals surface area contributed by atoms with Crippen LogP contribution >= 0.6 is 0 Å². The molecule has 0 spiro atoms. The van der Waals surface area contributed by atoms with Crippen molar-refractivity contribution in [3.05, 3.63) is 41.5 Å². The molecule has 1 aliphatic rings. The molecule has 7 heteroatoms. The molecule has 0 saturated carbocycles. The van der Waals surface area contributed by atoms with Crippen LogP contribution in [0.5, 0.6) is 23.0 Å². The molecule has 2 atom stereocenters. The van der Waals surface area contributed by atoms with Crippen LogP contribution in [-0.2, 0) is 4.79 Å². The van der Waals surface area contributed by atoms with E-state index in [1.54, 1.807) is 36.3 Å². The summed E-state index contributed by atoms with van der Waals surface area (Å²) in [6.45, 7) is 1.90. The molecule has 0 unspecified atom stereocenters. The van der Waals surface area contributed by atoms with Gasteiger partial charge in [0.1, 0.15) is 5.75 Å². The average molecular weight is 373 g/mol. The number of aliphatic hydroxyl groups excluding tert-OH is 1. The predicted molar refractivity (Wildman–Crippen MR) is 100 cm³/mol. The van der Waals surface area contributed by atoms with E-state index in [1.807, 2.05) is 13.0 Å². The molecule has 0 aromatic heterocycles. The molecule has 1 N–H and O–H groups in total. The lowest BCUT2D eigenvalue weighted by molar-refractivity contribution is -0.137. The van der Waals surface area contributed by atoms with E-state index in [-0.39, 0.29) is 5.91 Å². The van der Waals surface area contributed by atoms with Gasteiger partial charge in [0.05, 0.1) is 34.5 Å². The first-order valence-corrected chi connectivity index (χ1v) is 8.42. The molecule has 0 bridgehead atoms. The van der Waals surface area contributed by atoms with E-state index in [1.165, 1.54) is 21.3 Å². The van der Waals surface area contributed by atoms with Crippen molar-refractivity contribution in [2.45, 2.75) is 19.1 Å². The molecular formula is C20H23NO6. The van der Waals surface area contributed by atoms with Crippen molar-refractivity contribution < 1.29 is 28.8 Å². The van der Waals surface area contributed by atoms with Crippen molar-refractivity contribution in [2.24, 2.45) is 0 Å². The van der Waals surface area contributed by atoms with Crippen molar-refractivity contribution in [2.75, 3.05) is 33.3 Å². The van der Waals surface area contributed by atoms with Crippen LogP contribution in [0.4, 0.5) is 5.69 Å². The molecule has 1 fully saturated rings. The van der Waals surface area contributed by atoms with Gasteiger partial charge in [0.2, 0.25) is 5.75 Å². The Morgan fingerprint density at radius 2 is 1.48 bits per heavy atom. The molecule has 1 heterocycles. The zero-order chi connectivity index (χ0) is 19.7. The number of ether oxygens (including phenoxy) is 4. The molecule has 2 aromatic rings. The lowest BCUT2D eigenvalue weighted by Gasteiger charge is -2.45. The maximum absolute atomic E-state index is 12.4. The molecule has 1 saturated heterocycles. The first kappa shape index (κ1) is 18.8. The summed E-state index contributed by atoms with van der Waals surface area (Å²) in [5.41, 5.74) is 2.26. The second-order valence-corrected chi connectivity index (χ2v) is 6.21. The summed E-state index contributed by atoms with van der Waals surface area (Å²) < 4.78 is 21.4. The number of anilines is 1. The number of nitrogens with zero attached hydrogens (tertiary/aromatic N) is 1. The number of carbonyl (C=O) groups excluding carboxylic acids is 1. The van der Waals surface area contributed by atoms with Gasteiger partial charge in [-0.15, -0.1) is 0 Å². The quantitative estimate of drug-likeness (QED) is 0.784. The van der Waals surface area contributed by atoms with Crippen LogP contribution in [0.3, 0.4) is 0 Å². The highest BCUT2D eigenvalue weighted by Gasteiger charge is 2.48. The van der Waals surface area contributed by atoms with E-state index in [4.69, 9.17) is 18.9 Å². The Morgan fingerprint density at radius 1 is 0.889 bits per heavy atom. The Morgan fingerprint density at radius 3 is 1.96 bits per heavy atom. The minimum Gasteiger partial charge on any atom is -0.496 e. The fourth-order valence-electron chi connectivity index (χ4n) is 3.38. The van der Waals surface area contributed by atoms with Crippen molar-refractivity contribution in [1.82, 2.24) is 0 Å². The highest BCUT2D eigenvalue weighted by molar-refractivity contribution is 6.05. The molecule has 0 aliphatic carbocycles. The summed E-state index contributed by atoms with van der Waals surface area (Å²) in [6.07, 6.45) is -1.14. The Balaban J connectivity index is 2.05. The molecule has 2 aromatic carbocycles. The van der Waals surface area contributed by atoms with E-state index < -0.39 is 12.1 Å². The lowest BCUT2D eigenvalue weighted by atomic mass is 9.89. The first-order valence-electron chi connectivity index (χ1n) is 8.42. The van der Waals surface area contributed by atoms with Gasteiger partial charge in [-0.05, 0) is 48.4 Å². The summed E-state index contributed by atoms with van der Waals surface area (Å²) in [5, 5.41) is 10.4. The molecule has 1 amide bonds. The lowest BCUT2D eigenvalue weighted by Crippen LogP contribution is -2.59. The number of rotatable bonds is 6. The van der Waals surface area contributed by atoms with Gasteiger partial charge in [-0.25, -0.2) is 0 Å². The third-order valence-corrected chi connectivity index (χ3v) is 4.75. The fraction of sp³-hybridized carbons (Fsp3) is 0.350. The first-order chi connectivity index (χ1) is 13.0. The Labute approximate surface area is 158 Å². The number of amides is 1. The number of hydrogen-bond acceptors (Lipinski definition) is 6. The molecule has 1 aliphatic heterocycles. The topological polar surface area (TPSA) is 77.5 Å². The van der Waals surface area contributed by atoms with E-state index in [0.717, 1.165) is 11.3 Å². The Bertz CT molecular complexity index is 841. The van der Waals surface area contributed by atoms with Gasteiger partial charge in [0.15, 0.2) is 17.6 Å². The van der Waals surface area contributed by atoms with Gasteiger partial charge in [0, 0.05) is 5.69 Å². The second-order valence-electron chi connectivity index (χ2n) is 6.21. The standard InChI is InChI=1S/C20H23NO6/c1-11-8-13(6-7-14(11)24-2)21-17(18(22)20(21)23)12-9-15(25-3)19(27-5)16(10-12)26-4/h6-10,17-18,22H,1-5H3/t17-,18+/m1/s1. The number of aliphatic hydroxyl groups is 1. The Hall–Kier alpha value is -2.93. The Kier molecular flexibility index (Phi) is 5.14.